The molecule has 2 aromatic rings. The van der Waals surface area contributed by atoms with E-state index in [9.17, 15) is 14.9 Å². The number of amides is 1. The van der Waals surface area contributed by atoms with Crippen LogP contribution in [0.15, 0.2) is 46.3 Å². The molecule has 0 radical (unpaired) electrons. The van der Waals surface area contributed by atoms with E-state index >= 15 is 0 Å². The average Bonchev–Trinajstić information content (AvgIpc) is 2.91. The van der Waals surface area contributed by atoms with Crippen molar-refractivity contribution in [1.82, 2.24) is 5.32 Å². The average molecular weight is 388 g/mol. The summed E-state index contributed by atoms with van der Waals surface area (Å²) < 4.78 is 0. The lowest BCUT2D eigenvalue weighted by Crippen LogP contribution is -2.19. The molecule has 1 heterocycles. The van der Waals surface area contributed by atoms with Crippen LogP contribution in [-0.2, 0) is 4.79 Å². The monoisotopic (exact) mass is 387 g/mol. The number of rotatable bonds is 3. The molecule has 0 atom stereocenters. The summed E-state index contributed by atoms with van der Waals surface area (Å²) in [6, 6.07) is 9.95. The van der Waals surface area contributed by atoms with Crippen molar-refractivity contribution in [3.63, 3.8) is 0 Å². The van der Waals surface area contributed by atoms with Crippen molar-refractivity contribution < 1.29 is 9.72 Å². The van der Waals surface area contributed by atoms with Crippen LogP contribution in [0.4, 0.5) is 11.4 Å². The third kappa shape index (κ3) is 3.95. The van der Waals surface area contributed by atoms with E-state index in [-0.39, 0.29) is 11.6 Å². The van der Waals surface area contributed by atoms with Gasteiger partial charge in [0, 0.05) is 22.7 Å². The number of nitro groups is 1. The minimum Gasteiger partial charge on any atom is -0.300 e. The minimum atomic E-state index is -0.507. The SMILES string of the molecule is Cc1ccc(N=C2NC(=O)/C(=C/c3cc([N+](=O)[O-])ccc3Cl)S2)c(C)c1. The highest BCUT2D eigenvalue weighted by atomic mass is 35.5. The number of nitro benzene ring substituents is 1. The maximum Gasteiger partial charge on any atom is 0.270 e. The Kier molecular flexibility index (Phi) is 5.11. The number of benzene rings is 2. The van der Waals surface area contributed by atoms with E-state index in [0.29, 0.717) is 20.7 Å². The quantitative estimate of drug-likeness (QED) is 0.467. The van der Waals surface area contributed by atoms with E-state index in [1.54, 1.807) is 0 Å². The maximum atomic E-state index is 12.2. The summed E-state index contributed by atoms with van der Waals surface area (Å²) in [5.41, 5.74) is 3.23. The smallest absolute Gasteiger partial charge is 0.270 e. The lowest BCUT2D eigenvalue weighted by atomic mass is 10.1. The zero-order chi connectivity index (χ0) is 18.8. The van der Waals surface area contributed by atoms with E-state index in [0.717, 1.165) is 16.8 Å². The highest BCUT2D eigenvalue weighted by Crippen LogP contribution is 2.32. The number of carbonyl (C=O) groups is 1. The molecule has 1 saturated heterocycles. The fourth-order valence-corrected chi connectivity index (χ4v) is 3.42. The first-order valence-electron chi connectivity index (χ1n) is 7.64. The molecule has 2 aromatic carbocycles. The molecule has 1 aliphatic heterocycles. The van der Waals surface area contributed by atoms with Gasteiger partial charge in [-0.3, -0.25) is 14.9 Å². The zero-order valence-electron chi connectivity index (χ0n) is 13.9. The van der Waals surface area contributed by atoms with Gasteiger partial charge in [0.05, 0.1) is 15.5 Å². The van der Waals surface area contributed by atoms with Crippen molar-refractivity contribution in [3.8, 4) is 0 Å². The maximum absolute atomic E-state index is 12.2. The summed E-state index contributed by atoms with van der Waals surface area (Å²) in [7, 11) is 0. The highest BCUT2D eigenvalue weighted by Gasteiger charge is 2.24. The van der Waals surface area contributed by atoms with Gasteiger partial charge in [-0.25, -0.2) is 4.99 Å². The number of non-ortho nitro benzene ring substituents is 1. The van der Waals surface area contributed by atoms with E-state index in [2.05, 4.69) is 10.3 Å². The fourth-order valence-electron chi connectivity index (χ4n) is 2.42. The van der Waals surface area contributed by atoms with Crippen LogP contribution in [0.5, 0.6) is 0 Å². The number of hydrogen-bond donors (Lipinski definition) is 1. The first-order valence-corrected chi connectivity index (χ1v) is 8.84. The summed E-state index contributed by atoms with van der Waals surface area (Å²) in [5.74, 6) is -0.318. The van der Waals surface area contributed by atoms with Crippen molar-refractivity contribution in [2.45, 2.75) is 13.8 Å². The van der Waals surface area contributed by atoms with Gasteiger partial charge in [-0.15, -0.1) is 0 Å². The molecule has 3 rings (SSSR count). The van der Waals surface area contributed by atoms with Gasteiger partial charge in [0.1, 0.15) is 0 Å². The molecule has 1 fully saturated rings. The molecule has 1 amide bonds. The van der Waals surface area contributed by atoms with Crippen LogP contribution in [0.3, 0.4) is 0 Å². The molecular weight excluding hydrogens is 374 g/mol. The topological polar surface area (TPSA) is 84.6 Å². The van der Waals surface area contributed by atoms with Crippen LogP contribution >= 0.6 is 23.4 Å². The van der Waals surface area contributed by atoms with Gasteiger partial charge in [-0.2, -0.15) is 0 Å². The predicted octanol–water partition coefficient (Wildman–Crippen LogP) is 4.76. The number of carbonyl (C=O) groups excluding carboxylic acids is 1. The third-order valence-electron chi connectivity index (χ3n) is 3.70. The molecule has 132 valence electrons. The van der Waals surface area contributed by atoms with Gasteiger partial charge >= 0.3 is 0 Å². The highest BCUT2D eigenvalue weighted by molar-refractivity contribution is 8.18. The zero-order valence-corrected chi connectivity index (χ0v) is 15.5. The summed E-state index contributed by atoms with van der Waals surface area (Å²) in [6.45, 7) is 3.95. The second kappa shape index (κ2) is 7.31. The Balaban J connectivity index is 1.90. The van der Waals surface area contributed by atoms with E-state index < -0.39 is 4.92 Å². The number of aliphatic imine (C=N–C) groups is 1. The Morgan fingerprint density at radius 2 is 2.00 bits per heavy atom. The van der Waals surface area contributed by atoms with Gasteiger partial charge in [0.25, 0.3) is 11.6 Å². The van der Waals surface area contributed by atoms with Gasteiger partial charge in [0.15, 0.2) is 5.17 Å². The standard InChI is InChI=1S/C18H14ClN3O3S/c1-10-3-6-15(11(2)7-10)20-18-21-17(23)16(26-18)9-12-8-13(22(24)25)4-5-14(12)19/h3-9H,1-2H3,(H,20,21,23)/b16-9-. The van der Waals surface area contributed by atoms with Gasteiger partial charge in [-0.1, -0.05) is 29.3 Å². The number of aryl methyl sites for hydroxylation is 2. The van der Waals surface area contributed by atoms with Crippen LogP contribution in [0.25, 0.3) is 6.08 Å². The molecule has 0 aliphatic carbocycles. The first kappa shape index (κ1) is 18.2. The molecule has 1 aliphatic rings. The number of nitrogens with zero attached hydrogens (tertiary/aromatic N) is 2. The number of thioether (sulfide) groups is 1. The summed E-state index contributed by atoms with van der Waals surface area (Å²) in [6.07, 6.45) is 1.53. The normalized spacial score (nSPS) is 17.0. The molecule has 8 heteroatoms. The molecule has 1 N–H and O–H groups in total. The molecule has 26 heavy (non-hydrogen) atoms. The summed E-state index contributed by atoms with van der Waals surface area (Å²) >= 11 is 7.26. The minimum absolute atomic E-state index is 0.0891. The molecule has 0 spiro atoms. The Morgan fingerprint density at radius 1 is 1.23 bits per heavy atom. The Labute approximate surface area is 159 Å². The summed E-state index contributed by atoms with van der Waals surface area (Å²) in [5, 5.41) is 14.4. The number of nitrogens with one attached hydrogen (secondary N) is 1. The van der Waals surface area contributed by atoms with Gasteiger partial charge in [0.2, 0.25) is 0 Å². The molecule has 0 unspecified atom stereocenters. The van der Waals surface area contributed by atoms with Crippen molar-refractivity contribution in [3.05, 3.63) is 73.1 Å². The Morgan fingerprint density at radius 3 is 2.69 bits per heavy atom. The number of halogens is 1. The van der Waals surface area contributed by atoms with Crippen LogP contribution in [-0.4, -0.2) is 16.0 Å². The lowest BCUT2D eigenvalue weighted by Gasteiger charge is -2.02. The van der Waals surface area contributed by atoms with Crippen LogP contribution in [0, 0.1) is 24.0 Å². The molecule has 0 bridgehead atoms. The van der Waals surface area contributed by atoms with Crippen LogP contribution in [0.2, 0.25) is 5.02 Å². The lowest BCUT2D eigenvalue weighted by molar-refractivity contribution is -0.384. The van der Waals surface area contributed by atoms with Crippen molar-refractivity contribution in [2.75, 3.05) is 0 Å². The predicted molar refractivity (Wildman–Crippen MR) is 105 cm³/mol. The molecule has 0 saturated carbocycles. The third-order valence-corrected chi connectivity index (χ3v) is 4.96. The largest absolute Gasteiger partial charge is 0.300 e. The van der Waals surface area contributed by atoms with Crippen LogP contribution in [0.1, 0.15) is 16.7 Å². The summed E-state index contributed by atoms with van der Waals surface area (Å²) in [4.78, 5) is 27.4. The molecule has 6 nitrogen and oxygen atoms in total. The van der Waals surface area contributed by atoms with Crippen molar-refractivity contribution >= 4 is 51.9 Å². The first-order chi connectivity index (χ1) is 12.3. The van der Waals surface area contributed by atoms with Gasteiger partial charge < -0.3 is 5.32 Å². The fraction of sp³-hybridized carbons (Fsp3) is 0.111. The van der Waals surface area contributed by atoms with E-state index in [4.69, 9.17) is 11.6 Å². The molecular formula is C18H14ClN3O3S. The Hall–Kier alpha value is -2.64. The second-order valence-corrected chi connectivity index (χ2v) is 7.17. The number of amidine groups is 1. The van der Waals surface area contributed by atoms with Gasteiger partial charge in [-0.05, 0) is 49.4 Å². The Bertz CT molecular complexity index is 986. The van der Waals surface area contributed by atoms with E-state index in [1.807, 2.05) is 32.0 Å². The molecule has 0 aromatic heterocycles. The second-order valence-electron chi connectivity index (χ2n) is 5.73. The van der Waals surface area contributed by atoms with Crippen LogP contribution < -0.4 is 5.32 Å². The van der Waals surface area contributed by atoms with E-state index in [1.165, 1.54) is 36.0 Å². The van der Waals surface area contributed by atoms with Crippen molar-refractivity contribution in [2.24, 2.45) is 4.99 Å². The number of hydrogen-bond acceptors (Lipinski definition) is 5. The van der Waals surface area contributed by atoms with Crippen molar-refractivity contribution in [1.29, 1.82) is 0 Å².